The van der Waals surface area contributed by atoms with Crippen molar-refractivity contribution in [3.8, 4) is 5.75 Å². The topological polar surface area (TPSA) is 32.8 Å². The molecule has 1 aromatic carbocycles. The molecule has 2 fully saturated rings. The van der Waals surface area contributed by atoms with Crippen molar-refractivity contribution in [1.29, 1.82) is 0 Å². The zero-order valence-electron chi connectivity index (χ0n) is 15.6. The molecule has 2 aliphatic rings. The molecular formula is C21H32N2O2. The molecule has 1 aliphatic heterocycles. The first-order valence-electron chi connectivity index (χ1n) is 9.91. The van der Waals surface area contributed by atoms with Gasteiger partial charge in [-0.1, -0.05) is 31.0 Å². The molecule has 0 bridgehead atoms. The van der Waals surface area contributed by atoms with Crippen LogP contribution in [0.1, 0.15) is 44.1 Å². The number of piperazine rings is 1. The maximum absolute atomic E-state index is 12.4. The molecule has 0 radical (unpaired) electrons. The molecule has 3 rings (SSSR count). The van der Waals surface area contributed by atoms with Gasteiger partial charge in [0.25, 0.3) is 0 Å². The predicted molar refractivity (Wildman–Crippen MR) is 101 cm³/mol. The smallest absolute Gasteiger partial charge is 0.222 e. The standard InChI is InChI=1S/C21H32N2O2/c1-18-7-2-5-10-20(18)25-16-6-11-22-12-14-23(15-13-22)21(24)17-19-8-3-4-9-19/h2,5,7,10,19H,3-4,6,8-9,11-17H2,1H3. The van der Waals surface area contributed by atoms with E-state index in [1.165, 1.54) is 31.2 Å². The second-order valence-corrected chi connectivity index (χ2v) is 7.54. The van der Waals surface area contributed by atoms with E-state index in [4.69, 9.17) is 4.74 Å². The number of para-hydroxylation sites is 1. The predicted octanol–water partition coefficient (Wildman–Crippen LogP) is 3.49. The molecule has 1 saturated heterocycles. The first-order valence-corrected chi connectivity index (χ1v) is 9.91. The van der Waals surface area contributed by atoms with Gasteiger partial charge in [-0.3, -0.25) is 9.69 Å². The van der Waals surface area contributed by atoms with Gasteiger partial charge in [0.1, 0.15) is 5.75 Å². The van der Waals surface area contributed by atoms with E-state index in [1.54, 1.807) is 0 Å². The number of nitrogens with zero attached hydrogens (tertiary/aromatic N) is 2. The summed E-state index contributed by atoms with van der Waals surface area (Å²) in [6.07, 6.45) is 6.96. The van der Waals surface area contributed by atoms with Crippen LogP contribution in [0.25, 0.3) is 0 Å². The van der Waals surface area contributed by atoms with Crippen molar-refractivity contribution in [1.82, 2.24) is 9.80 Å². The van der Waals surface area contributed by atoms with Crippen molar-refractivity contribution in [3.63, 3.8) is 0 Å². The Balaban J connectivity index is 1.30. The van der Waals surface area contributed by atoms with E-state index in [0.29, 0.717) is 11.8 Å². The van der Waals surface area contributed by atoms with Gasteiger partial charge in [0, 0.05) is 39.1 Å². The van der Waals surface area contributed by atoms with Gasteiger partial charge in [0.05, 0.1) is 6.61 Å². The van der Waals surface area contributed by atoms with Crippen LogP contribution in [0.3, 0.4) is 0 Å². The molecule has 1 saturated carbocycles. The second kappa shape index (κ2) is 9.23. The lowest BCUT2D eigenvalue weighted by atomic mass is 10.0. The first-order chi connectivity index (χ1) is 12.2. The SMILES string of the molecule is Cc1ccccc1OCCCN1CCN(C(=O)CC2CCCC2)CC1. The molecule has 0 spiro atoms. The maximum Gasteiger partial charge on any atom is 0.222 e. The number of amides is 1. The molecule has 1 amide bonds. The zero-order valence-corrected chi connectivity index (χ0v) is 15.6. The van der Waals surface area contributed by atoms with Gasteiger partial charge in [0.15, 0.2) is 0 Å². The molecule has 0 aromatic heterocycles. The Hall–Kier alpha value is -1.55. The Morgan fingerprint density at radius 1 is 1.12 bits per heavy atom. The van der Waals surface area contributed by atoms with E-state index in [9.17, 15) is 4.79 Å². The number of aryl methyl sites for hydroxylation is 1. The maximum atomic E-state index is 12.4. The summed E-state index contributed by atoms with van der Waals surface area (Å²) in [5.74, 6) is 2.03. The van der Waals surface area contributed by atoms with Crippen molar-refractivity contribution < 1.29 is 9.53 Å². The average molecular weight is 344 g/mol. The summed E-state index contributed by atoms with van der Waals surface area (Å²) in [5.41, 5.74) is 1.19. The lowest BCUT2D eigenvalue weighted by Crippen LogP contribution is -2.49. The highest BCUT2D eigenvalue weighted by Gasteiger charge is 2.24. The summed E-state index contributed by atoms with van der Waals surface area (Å²) in [5, 5.41) is 0. The Bertz CT molecular complexity index is 547. The van der Waals surface area contributed by atoms with Crippen LogP contribution in [0.2, 0.25) is 0 Å². The number of ether oxygens (including phenoxy) is 1. The zero-order chi connectivity index (χ0) is 17.5. The van der Waals surface area contributed by atoms with Crippen molar-refractivity contribution in [3.05, 3.63) is 29.8 Å². The van der Waals surface area contributed by atoms with E-state index in [0.717, 1.165) is 57.9 Å². The monoisotopic (exact) mass is 344 g/mol. The fraction of sp³-hybridized carbons (Fsp3) is 0.667. The Morgan fingerprint density at radius 3 is 2.56 bits per heavy atom. The minimum atomic E-state index is 0.384. The Labute approximate surface area is 152 Å². The van der Waals surface area contributed by atoms with Crippen LogP contribution in [0.5, 0.6) is 5.75 Å². The molecule has 25 heavy (non-hydrogen) atoms. The number of hydrogen-bond donors (Lipinski definition) is 0. The third kappa shape index (κ3) is 5.46. The first kappa shape index (κ1) is 18.2. The molecule has 138 valence electrons. The van der Waals surface area contributed by atoms with Gasteiger partial charge in [0.2, 0.25) is 5.91 Å². The van der Waals surface area contributed by atoms with E-state index in [2.05, 4.69) is 22.8 Å². The van der Waals surface area contributed by atoms with Gasteiger partial charge in [-0.05, 0) is 43.7 Å². The highest BCUT2D eigenvalue weighted by Crippen LogP contribution is 2.28. The summed E-state index contributed by atoms with van der Waals surface area (Å²) in [6, 6.07) is 8.17. The second-order valence-electron chi connectivity index (χ2n) is 7.54. The van der Waals surface area contributed by atoms with Gasteiger partial charge in [-0.15, -0.1) is 0 Å². The van der Waals surface area contributed by atoms with Crippen LogP contribution >= 0.6 is 0 Å². The number of benzene rings is 1. The van der Waals surface area contributed by atoms with Crippen LogP contribution in [-0.4, -0.2) is 55.0 Å². The van der Waals surface area contributed by atoms with Crippen molar-refractivity contribution in [2.75, 3.05) is 39.3 Å². The summed E-state index contributed by atoms with van der Waals surface area (Å²) in [6.45, 7) is 7.68. The van der Waals surface area contributed by atoms with Crippen LogP contribution < -0.4 is 4.74 Å². The Kier molecular flexibility index (Phi) is 6.74. The fourth-order valence-corrected chi connectivity index (χ4v) is 4.00. The van der Waals surface area contributed by atoms with Gasteiger partial charge >= 0.3 is 0 Å². The summed E-state index contributed by atoms with van der Waals surface area (Å²) in [4.78, 5) is 16.9. The third-order valence-corrected chi connectivity index (χ3v) is 5.63. The number of carbonyl (C=O) groups is 1. The molecular weight excluding hydrogens is 312 g/mol. The summed E-state index contributed by atoms with van der Waals surface area (Å²) >= 11 is 0. The van der Waals surface area contributed by atoms with Crippen LogP contribution in [0, 0.1) is 12.8 Å². The fourth-order valence-electron chi connectivity index (χ4n) is 4.00. The molecule has 0 N–H and O–H groups in total. The molecule has 1 heterocycles. The van der Waals surface area contributed by atoms with Gasteiger partial charge < -0.3 is 9.64 Å². The van der Waals surface area contributed by atoms with Gasteiger partial charge in [-0.2, -0.15) is 0 Å². The molecule has 4 nitrogen and oxygen atoms in total. The number of carbonyl (C=O) groups excluding carboxylic acids is 1. The van der Waals surface area contributed by atoms with E-state index in [1.807, 2.05) is 18.2 Å². The molecule has 4 heteroatoms. The van der Waals surface area contributed by atoms with Gasteiger partial charge in [-0.25, -0.2) is 0 Å². The summed E-state index contributed by atoms with van der Waals surface area (Å²) in [7, 11) is 0. The normalized spacial score (nSPS) is 19.3. The lowest BCUT2D eigenvalue weighted by Gasteiger charge is -2.35. The number of hydrogen-bond acceptors (Lipinski definition) is 3. The molecule has 0 unspecified atom stereocenters. The third-order valence-electron chi connectivity index (χ3n) is 5.63. The van der Waals surface area contributed by atoms with Crippen LogP contribution in [0.15, 0.2) is 24.3 Å². The highest BCUT2D eigenvalue weighted by atomic mass is 16.5. The highest BCUT2D eigenvalue weighted by molar-refractivity contribution is 5.76. The van der Waals surface area contributed by atoms with Crippen LogP contribution in [0.4, 0.5) is 0 Å². The van der Waals surface area contributed by atoms with E-state index < -0.39 is 0 Å². The molecule has 1 aliphatic carbocycles. The van der Waals surface area contributed by atoms with Crippen molar-refractivity contribution in [2.24, 2.45) is 5.92 Å². The Morgan fingerprint density at radius 2 is 1.84 bits per heavy atom. The lowest BCUT2D eigenvalue weighted by molar-refractivity contribution is -0.133. The molecule has 0 atom stereocenters. The molecule has 1 aromatic rings. The minimum absolute atomic E-state index is 0.384. The quantitative estimate of drug-likeness (QED) is 0.710. The number of rotatable bonds is 7. The minimum Gasteiger partial charge on any atom is -0.493 e. The largest absolute Gasteiger partial charge is 0.493 e. The van der Waals surface area contributed by atoms with E-state index in [-0.39, 0.29) is 0 Å². The average Bonchev–Trinajstić information content (AvgIpc) is 3.13. The van der Waals surface area contributed by atoms with E-state index >= 15 is 0 Å². The van der Waals surface area contributed by atoms with Crippen molar-refractivity contribution >= 4 is 5.91 Å². The summed E-state index contributed by atoms with van der Waals surface area (Å²) < 4.78 is 5.87. The van der Waals surface area contributed by atoms with Crippen LogP contribution in [-0.2, 0) is 4.79 Å². The van der Waals surface area contributed by atoms with Crippen molar-refractivity contribution in [2.45, 2.75) is 45.4 Å².